The van der Waals surface area contributed by atoms with Crippen molar-refractivity contribution in [1.82, 2.24) is 0 Å². The van der Waals surface area contributed by atoms with Crippen LogP contribution in [0.15, 0.2) is 12.1 Å². The van der Waals surface area contributed by atoms with Gasteiger partial charge >= 0.3 is 5.97 Å². The molecule has 0 saturated carbocycles. The monoisotopic (exact) mass is 272 g/mol. The van der Waals surface area contributed by atoms with Gasteiger partial charge in [0, 0.05) is 5.56 Å². The fourth-order valence-corrected chi connectivity index (χ4v) is 1.37. The number of hydrogen-bond donors (Lipinski definition) is 0. The molecule has 19 heavy (non-hydrogen) atoms. The summed E-state index contributed by atoms with van der Waals surface area (Å²) in [5.74, 6) is -3.18. The number of benzene rings is 1. The Morgan fingerprint density at radius 2 is 1.84 bits per heavy atom. The van der Waals surface area contributed by atoms with Crippen LogP contribution in [0.25, 0.3) is 0 Å². The Labute approximate surface area is 109 Å². The normalized spacial score (nSPS) is 11.0. The van der Waals surface area contributed by atoms with Crippen LogP contribution in [0.3, 0.4) is 0 Å². The number of esters is 1. The summed E-state index contributed by atoms with van der Waals surface area (Å²) in [7, 11) is 1.21. The molecule has 6 heteroatoms. The molecule has 0 aliphatic carbocycles. The van der Waals surface area contributed by atoms with Gasteiger partial charge in [-0.25, -0.2) is 8.78 Å². The summed E-state index contributed by atoms with van der Waals surface area (Å²) >= 11 is 0. The van der Waals surface area contributed by atoms with E-state index >= 15 is 0 Å². The first-order valence-corrected chi connectivity index (χ1v) is 5.47. The molecule has 0 spiro atoms. The maximum atomic E-state index is 13.5. The average molecular weight is 272 g/mol. The summed E-state index contributed by atoms with van der Waals surface area (Å²) in [5, 5.41) is 0. The second kappa shape index (κ2) is 5.77. The first-order valence-electron chi connectivity index (χ1n) is 5.47. The zero-order valence-corrected chi connectivity index (χ0v) is 10.8. The third-order valence-electron chi connectivity index (χ3n) is 2.47. The molecule has 1 rings (SSSR count). The van der Waals surface area contributed by atoms with Crippen molar-refractivity contribution in [2.75, 3.05) is 13.7 Å². The van der Waals surface area contributed by atoms with Crippen LogP contribution < -0.4 is 4.74 Å². The van der Waals surface area contributed by atoms with Gasteiger partial charge in [-0.3, -0.25) is 9.59 Å². The zero-order chi connectivity index (χ0) is 14.6. The Hall–Kier alpha value is -1.98. The van der Waals surface area contributed by atoms with Crippen molar-refractivity contribution in [3.8, 4) is 5.75 Å². The Morgan fingerprint density at radius 1 is 1.32 bits per heavy atom. The maximum absolute atomic E-state index is 13.5. The molecule has 0 atom stereocenters. The molecule has 0 aromatic heterocycles. The number of rotatable bonds is 5. The van der Waals surface area contributed by atoms with Crippen molar-refractivity contribution < 1.29 is 27.8 Å². The van der Waals surface area contributed by atoms with Crippen LogP contribution in [0.1, 0.15) is 24.2 Å². The highest BCUT2D eigenvalue weighted by Gasteiger charge is 2.30. The number of carbonyl (C=O) groups is 2. The van der Waals surface area contributed by atoms with Crippen molar-refractivity contribution in [2.24, 2.45) is 5.41 Å². The van der Waals surface area contributed by atoms with E-state index in [4.69, 9.17) is 4.74 Å². The molecule has 0 aliphatic heterocycles. The lowest BCUT2D eigenvalue weighted by atomic mass is 9.95. The van der Waals surface area contributed by atoms with Crippen molar-refractivity contribution >= 4 is 12.3 Å². The van der Waals surface area contributed by atoms with E-state index in [0.717, 1.165) is 12.1 Å². The number of methoxy groups -OCH3 is 1. The molecular formula is C13H14F2O4. The molecule has 0 unspecified atom stereocenters. The number of ether oxygens (including phenoxy) is 2. The van der Waals surface area contributed by atoms with E-state index < -0.39 is 28.8 Å². The third-order valence-corrected chi connectivity index (χ3v) is 2.47. The van der Waals surface area contributed by atoms with Gasteiger partial charge in [-0.05, 0) is 26.0 Å². The van der Waals surface area contributed by atoms with Gasteiger partial charge in [-0.15, -0.1) is 0 Å². The quantitative estimate of drug-likeness (QED) is 0.610. The predicted molar refractivity (Wildman–Crippen MR) is 63.0 cm³/mol. The zero-order valence-electron chi connectivity index (χ0n) is 10.8. The fraction of sp³-hybridized carbons (Fsp3) is 0.385. The highest BCUT2D eigenvalue weighted by molar-refractivity contribution is 5.76. The maximum Gasteiger partial charge on any atom is 0.314 e. The second-order valence-corrected chi connectivity index (χ2v) is 4.60. The highest BCUT2D eigenvalue weighted by atomic mass is 19.1. The summed E-state index contributed by atoms with van der Waals surface area (Å²) in [4.78, 5) is 21.8. The van der Waals surface area contributed by atoms with E-state index in [1.54, 1.807) is 0 Å². The van der Waals surface area contributed by atoms with E-state index in [-0.39, 0.29) is 12.2 Å². The fourth-order valence-electron chi connectivity index (χ4n) is 1.37. The van der Waals surface area contributed by atoms with E-state index in [0.29, 0.717) is 6.29 Å². The van der Waals surface area contributed by atoms with Crippen LogP contribution >= 0.6 is 0 Å². The minimum atomic E-state index is -1.04. The van der Waals surface area contributed by atoms with Crippen molar-refractivity contribution in [3.63, 3.8) is 0 Å². The van der Waals surface area contributed by atoms with Crippen molar-refractivity contribution in [3.05, 3.63) is 29.3 Å². The summed E-state index contributed by atoms with van der Waals surface area (Å²) in [6.07, 6.45) is 0.328. The van der Waals surface area contributed by atoms with Gasteiger partial charge in [-0.2, -0.15) is 0 Å². The molecule has 0 saturated heterocycles. The molecule has 1 aromatic rings. The van der Waals surface area contributed by atoms with Crippen LogP contribution in [0.4, 0.5) is 8.78 Å². The number of aldehydes is 1. The molecule has 1 aromatic carbocycles. The minimum absolute atomic E-state index is 0.130. The van der Waals surface area contributed by atoms with E-state index in [2.05, 4.69) is 4.74 Å². The van der Waals surface area contributed by atoms with Crippen LogP contribution in [-0.2, 0) is 9.53 Å². The Balaban J connectivity index is 2.90. The van der Waals surface area contributed by atoms with Gasteiger partial charge in [0.25, 0.3) is 0 Å². The van der Waals surface area contributed by atoms with Crippen molar-refractivity contribution in [2.45, 2.75) is 13.8 Å². The Kier molecular flexibility index (Phi) is 4.58. The molecule has 0 radical (unpaired) electrons. The van der Waals surface area contributed by atoms with Gasteiger partial charge in [0.2, 0.25) is 0 Å². The summed E-state index contributed by atoms with van der Waals surface area (Å²) < 4.78 is 36.6. The molecule has 0 N–H and O–H groups in total. The lowest BCUT2D eigenvalue weighted by Gasteiger charge is -2.21. The first-order chi connectivity index (χ1) is 8.81. The molecule has 0 aliphatic rings. The molecule has 104 valence electrons. The number of hydrogen-bond acceptors (Lipinski definition) is 4. The molecule has 0 fully saturated rings. The van der Waals surface area contributed by atoms with Crippen molar-refractivity contribution in [1.29, 1.82) is 0 Å². The average Bonchev–Trinajstić information content (AvgIpc) is 2.36. The van der Waals surface area contributed by atoms with E-state index in [1.165, 1.54) is 21.0 Å². The molecule has 0 bridgehead atoms. The van der Waals surface area contributed by atoms with Gasteiger partial charge in [-0.1, -0.05) is 0 Å². The summed E-state index contributed by atoms with van der Waals surface area (Å²) in [6.45, 7) is 2.79. The molecular weight excluding hydrogens is 258 g/mol. The van der Waals surface area contributed by atoms with E-state index in [1.807, 2.05) is 0 Å². The smallest absolute Gasteiger partial charge is 0.314 e. The summed E-state index contributed by atoms with van der Waals surface area (Å²) in [6, 6.07) is 1.72. The lowest BCUT2D eigenvalue weighted by Crippen LogP contribution is -2.32. The summed E-state index contributed by atoms with van der Waals surface area (Å²) in [5.41, 5.74) is -1.17. The number of halogens is 2. The molecule has 0 heterocycles. The number of carbonyl (C=O) groups excluding carboxylic acids is 2. The second-order valence-electron chi connectivity index (χ2n) is 4.60. The molecule has 0 amide bonds. The van der Waals surface area contributed by atoms with Crippen LogP contribution in [0.5, 0.6) is 5.75 Å². The third kappa shape index (κ3) is 3.49. The van der Waals surface area contributed by atoms with Crippen LogP contribution in [0.2, 0.25) is 0 Å². The van der Waals surface area contributed by atoms with Crippen LogP contribution in [0, 0.1) is 17.0 Å². The molecule has 4 nitrogen and oxygen atoms in total. The van der Waals surface area contributed by atoms with Gasteiger partial charge in [0.05, 0.1) is 12.5 Å². The van der Waals surface area contributed by atoms with Crippen LogP contribution in [-0.4, -0.2) is 26.0 Å². The van der Waals surface area contributed by atoms with E-state index in [9.17, 15) is 18.4 Å². The SMILES string of the molecule is COC(=O)C(C)(C)COc1c(F)cc(C=O)cc1F. The Bertz CT molecular complexity index is 474. The highest BCUT2D eigenvalue weighted by Crippen LogP contribution is 2.26. The Morgan fingerprint density at radius 3 is 2.26 bits per heavy atom. The first kappa shape index (κ1) is 15.1. The standard InChI is InChI=1S/C13H14F2O4/c1-13(2,12(17)18-3)7-19-11-9(14)4-8(6-16)5-10(11)15/h4-6H,7H2,1-3H3. The minimum Gasteiger partial charge on any atom is -0.486 e. The topological polar surface area (TPSA) is 52.6 Å². The van der Waals surface area contributed by atoms with Gasteiger partial charge in [0.15, 0.2) is 17.4 Å². The van der Waals surface area contributed by atoms with Gasteiger partial charge in [0.1, 0.15) is 12.9 Å². The predicted octanol–water partition coefficient (Wildman–Crippen LogP) is 2.36. The lowest BCUT2D eigenvalue weighted by molar-refractivity contribution is -0.152. The largest absolute Gasteiger partial charge is 0.486 e. The van der Waals surface area contributed by atoms with Gasteiger partial charge < -0.3 is 9.47 Å².